The van der Waals surface area contributed by atoms with Crippen molar-refractivity contribution in [3.8, 4) is 0 Å². The second-order valence-electron chi connectivity index (χ2n) is 3.58. The fourth-order valence-corrected chi connectivity index (χ4v) is 1.89. The van der Waals surface area contributed by atoms with E-state index in [1.807, 2.05) is 0 Å². The van der Waals surface area contributed by atoms with E-state index in [0.29, 0.717) is 6.10 Å². The third kappa shape index (κ3) is 1.92. The fourth-order valence-electron chi connectivity index (χ4n) is 1.89. The maximum Gasteiger partial charge on any atom is 0.0832 e. The molecule has 1 nitrogen and oxygen atoms in total. The van der Waals surface area contributed by atoms with E-state index in [-0.39, 0.29) is 0 Å². The highest BCUT2D eigenvalue weighted by Gasteiger charge is 2.17. The van der Waals surface area contributed by atoms with Crippen LogP contribution in [0.4, 0.5) is 0 Å². The van der Waals surface area contributed by atoms with Crippen LogP contribution in [0, 0.1) is 0 Å². The Morgan fingerprint density at radius 1 is 1.54 bits per heavy atom. The number of ether oxygens (including phenoxy) is 1. The van der Waals surface area contributed by atoms with Crippen molar-refractivity contribution in [3.63, 3.8) is 0 Å². The summed E-state index contributed by atoms with van der Waals surface area (Å²) >= 11 is 0. The molecule has 2 aliphatic rings. The molecule has 1 aliphatic heterocycles. The summed E-state index contributed by atoms with van der Waals surface area (Å²) in [6.07, 6.45) is 12.7. The van der Waals surface area contributed by atoms with Crippen LogP contribution in [0.2, 0.25) is 0 Å². The first kappa shape index (κ1) is 8.76. The minimum Gasteiger partial charge on any atom is -0.369 e. The molecule has 0 aromatic rings. The van der Waals surface area contributed by atoms with Crippen molar-refractivity contribution in [2.45, 2.75) is 32.3 Å². The van der Waals surface area contributed by atoms with Crippen LogP contribution in [-0.4, -0.2) is 12.7 Å². The highest BCUT2D eigenvalue weighted by atomic mass is 16.5. The molecule has 0 aromatic carbocycles. The van der Waals surface area contributed by atoms with Crippen LogP contribution in [0.3, 0.4) is 0 Å². The Balaban J connectivity index is 2.24. The lowest BCUT2D eigenvalue weighted by Gasteiger charge is -2.20. The highest BCUT2D eigenvalue weighted by molar-refractivity contribution is 5.35. The van der Waals surface area contributed by atoms with Gasteiger partial charge < -0.3 is 4.74 Å². The predicted molar refractivity (Wildman–Crippen MR) is 54.6 cm³/mol. The van der Waals surface area contributed by atoms with Crippen LogP contribution in [0.25, 0.3) is 0 Å². The zero-order valence-electron chi connectivity index (χ0n) is 8.12. The van der Waals surface area contributed by atoms with Gasteiger partial charge in [-0.25, -0.2) is 0 Å². The predicted octanol–water partition coefficient (Wildman–Crippen LogP) is 3.00. The summed E-state index contributed by atoms with van der Waals surface area (Å²) in [5.74, 6) is 0. The largest absolute Gasteiger partial charge is 0.369 e. The Labute approximate surface area is 79.8 Å². The molecule has 1 unspecified atom stereocenters. The third-order valence-corrected chi connectivity index (χ3v) is 2.67. The van der Waals surface area contributed by atoms with E-state index >= 15 is 0 Å². The summed E-state index contributed by atoms with van der Waals surface area (Å²) in [6, 6.07) is 0. The summed E-state index contributed by atoms with van der Waals surface area (Å²) in [5.41, 5.74) is 2.81. The lowest BCUT2D eigenvalue weighted by Crippen LogP contribution is -2.17. The molecule has 70 valence electrons. The first-order chi connectivity index (χ1) is 6.40. The van der Waals surface area contributed by atoms with Crippen molar-refractivity contribution in [1.29, 1.82) is 0 Å². The molecule has 0 fully saturated rings. The molecule has 1 aliphatic carbocycles. The molecular weight excluding hydrogens is 160 g/mol. The summed E-state index contributed by atoms with van der Waals surface area (Å²) in [7, 11) is 0. The van der Waals surface area contributed by atoms with Crippen LogP contribution in [0.5, 0.6) is 0 Å². The molecule has 0 amide bonds. The topological polar surface area (TPSA) is 9.23 Å². The van der Waals surface area contributed by atoms with E-state index in [2.05, 4.69) is 31.2 Å². The smallest absolute Gasteiger partial charge is 0.0832 e. The zero-order valence-corrected chi connectivity index (χ0v) is 8.12. The summed E-state index contributed by atoms with van der Waals surface area (Å²) < 4.78 is 5.67. The molecule has 0 bridgehead atoms. The normalized spacial score (nSPS) is 27.3. The Morgan fingerprint density at radius 3 is 3.31 bits per heavy atom. The van der Waals surface area contributed by atoms with Crippen molar-refractivity contribution < 1.29 is 4.74 Å². The fraction of sp³-hybridized carbons (Fsp3) is 0.500. The lowest BCUT2D eigenvalue weighted by molar-refractivity contribution is 0.0917. The van der Waals surface area contributed by atoms with Gasteiger partial charge >= 0.3 is 0 Å². The van der Waals surface area contributed by atoms with Crippen LogP contribution in [0.15, 0.2) is 35.5 Å². The SMILES string of the molecule is CCC1=CCCC2OCC=CC2=C1. The maximum absolute atomic E-state index is 5.67. The Kier molecular flexibility index (Phi) is 2.65. The standard InChI is InChI=1S/C12H16O/c1-2-10-5-3-7-12-11(9-10)6-4-8-13-12/h4-6,9,12H,2-3,7-8H2,1H3. The molecule has 1 heterocycles. The lowest BCUT2D eigenvalue weighted by atomic mass is 10.0. The van der Waals surface area contributed by atoms with Gasteiger partial charge in [0.15, 0.2) is 0 Å². The molecular formula is C12H16O. The van der Waals surface area contributed by atoms with Gasteiger partial charge in [-0.15, -0.1) is 0 Å². The first-order valence-corrected chi connectivity index (χ1v) is 5.09. The maximum atomic E-state index is 5.67. The Hall–Kier alpha value is -0.820. The average molecular weight is 176 g/mol. The molecule has 0 saturated heterocycles. The molecule has 1 heteroatoms. The van der Waals surface area contributed by atoms with Gasteiger partial charge in [0.2, 0.25) is 0 Å². The van der Waals surface area contributed by atoms with Gasteiger partial charge in [0.05, 0.1) is 12.7 Å². The van der Waals surface area contributed by atoms with Gasteiger partial charge in [-0.1, -0.05) is 36.8 Å². The molecule has 0 aromatic heterocycles. The minimum absolute atomic E-state index is 0.352. The zero-order chi connectivity index (χ0) is 9.10. The number of hydrogen-bond donors (Lipinski definition) is 0. The second kappa shape index (κ2) is 3.93. The number of allylic oxidation sites excluding steroid dienone is 3. The van der Waals surface area contributed by atoms with Crippen molar-refractivity contribution >= 4 is 0 Å². The third-order valence-electron chi connectivity index (χ3n) is 2.67. The minimum atomic E-state index is 0.352. The van der Waals surface area contributed by atoms with Crippen molar-refractivity contribution in [3.05, 3.63) is 35.5 Å². The first-order valence-electron chi connectivity index (χ1n) is 5.09. The van der Waals surface area contributed by atoms with Gasteiger partial charge in [-0.05, 0) is 24.8 Å². The van der Waals surface area contributed by atoms with Crippen LogP contribution in [0.1, 0.15) is 26.2 Å². The second-order valence-corrected chi connectivity index (χ2v) is 3.58. The van der Waals surface area contributed by atoms with Gasteiger partial charge in [0.1, 0.15) is 0 Å². The van der Waals surface area contributed by atoms with E-state index in [0.717, 1.165) is 25.9 Å². The molecule has 0 radical (unpaired) electrons. The van der Waals surface area contributed by atoms with Crippen LogP contribution < -0.4 is 0 Å². The monoisotopic (exact) mass is 176 g/mol. The highest BCUT2D eigenvalue weighted by Crippen LogP contribution is 2.24. The number of rotatable bonds is 1. The molecule has 0 saturated carbocycles. The van der Waals surface area contributed by atoms with E-state index in [9.17, 15) is 0 Å². The summed E-state index contributed by atoms with van der Waals surface area (Å²) in [4.78, 5) is 0. The van der Waals surface area contributed by atoms with Gasteiger partial charge in [0, 0.05) is 0 Å². The van der Waals surface area contributed by atoms with Crippen LogP contribution in [-0.2, 0) is 4.74 Å². The van der Waals surface area contributed by atoms with Gasteiger partial charge in [0.25, 0.3) is 0 Å². The molecule has 2 rings (SSSR count). The van der Waals surface area contributed by atoms with Crippen molar-refractivity contribution in [1.82, 2.24) is 0 Å². The quantitative estimate of drug-likeness (QED) is 0.596. The van der Waals surface area contributed by atoms with Gasteiger partial charge in [-0.2, -0.15) is 0 Å². The average Bonchev–Trinajstić information content (AvgIpc) is 2.38. The van der Waals surface area contributed by atoms with Crippen molar-refractivity contribution in [2.24, 2.45) is 0 Å². The van der Waals surface area contributed by atoms with E-state index < -0.39 is 0 Å². The summed E-state index contributed by atoms with van der Waals surface area (Å²) in [6.45, 7) is 2.99. The van der Waals surface area contributed by atoms with Crippen molar-refractivity contribution in [2.75, 3.05) is 6.61 Å². The van der Waals surface area contributed by atoms with E-state index in [1.54, 1.807) is 0 Å². The molecule has 1 atom stereocenters. The Bertz CT molecular complexity index is 271. The van der Waals surface area contributed by atoms with Gasteiger partial charge in [-0.3, -0.25) is 0 Å². The van der Waals surface area contributed by atoms with E-state index in [4.69, 9.17) is 4.74 Å². The number of hydrogen-bond acceptors (Lipinski definition) is 1. The Morgan fingerprint density at radius 2 is 2.46 bits per heavy atom. The summed E-state index contributed by atoms with van der Waals surface area (Å²) in [5, 5.41) is 0. The molecule has 0 spiro atoms. The van der Waals surface area contributed by atoms with Crippen LogP contribution >= 0.6 is 0 Å². The number of fused-ring (bicyclic) bond motifs is 1. The molecule has 13 heavy (non-hydrogen) atoms. The molecule has 0 N–H and O–H groups in total. The van der Waals surface area contributed by atoms with E-state index in [1.165, 1.54) is 11.1 Å².